The van der Waals surface area contributed by atoms with Crippen LogP contribution in [0.5, 0.6) is 11.5 Å². The van der Waals surface area contributed by atoms with E-state index in [9.17, 15) is 0 Å². The van der Waals surface area contributed by atoms with E-state index in [1.165, 1.54) is 0 Å². The summed E-state index contributed by atoms with van der Waals surface area (Å²) in [5, 5.41) is 12.1. The summed E-state index contributed by atoms with van der Waals surface area (Å²) in [6, 6.07) is 5.51. The molecule has 1 aromatic rings. The summed E-state index contributed by atoms with van der Waals surface area (Å²) in [7, 11) is 4.99. The van der Waals surface area contributed by atoms with Crippen molar-refractivity contribution in [1.29, 1.82) is 0 Å². The number of methoxy groups -OCH3 is 2. The van der Waals surface area contributed by atoms with Crippen molar-refractivity contribution in [2.75, 3.05) is 27.9 Å². The molecule has 0 bridgehead atoms. The first-order valence-corrected chi connectivity index (χ1v) is 4.76. The molecule has 0 aliphatic heterocycles. The topological polar surface area (TPSA) is 50.7 Å². The number of rotatable bonds is 5. The zero-order valence-corrected chi connectivity index (χ0v) is 9.28. The van der Waals surface area contributed by atoms with Crippen molar-refractivity contribution in [3.63, 3.8) is 0 Å². The molecular formula is C11H17NO3. The van der Waals surface area contributed by atoms with Gasteiger partial charge in [-0.2, -0.15) is 0 Å². The fourth-order valence-corrected chi connectivity index (χ4v) is 1.43. The Kier molecular flexibility index (Phi) is 4.39. The van der Waals surface area contributed by atoms with Crippen LogP contribution in [0.1, 0.15) is 11.6 Å². The molecule has 0 heterocycles. The molecule has 0 unspecified atom stereocenters. The van der Waals surface area contributed by atoms with Crippen LogP contribution < -0.4 is 14.8 Å². The van der Waals surface area contributed by atoms with Crippen molar-refractivity contribution >= 4 is 0 Å². The maximum atomic E-state index is 9.13. The Hall–Kier alpha value is -1.26. The van der Waals surface area contributed by atoms with Gasteiger partial charge in [0, 0.05) is 0 Å². The molecule has 0 aliphatic rings. The number of aliphatic hydroxyl groups excluding tert-OH is 1. The molecule has 0 spiro atoms. The summed E-state index contributed by atoms with van der Waals surface area (Å²) in [5.74, 6) is 1.36. The van der Waals surface area contributed by atoms with Crippen molar-refractivity contribution < 1.29 is 14.6 Å². The summed E-state index contributed by atoms with van der Waals surface area (Å²) in [6.07, 6.45) is 0. The molecule has 0 aliphatic carbocycles. The summed E-state index contributed by atoms with van der Waals surface area (Å²) in [4.78, 5) is 0. The Balaban J connectivity index is 3.01. The second-order valence-electron chi connectivity index (χ2n) is 3.14. The monoisotopic (exact) mass is 211 g/mol. The molecule has 0 aromatic heterocycles. The van der Waals surface area contributed by atoms with Crippen LogP contribution in [-0.4, -0.2) is 33.0 Å². The number of benzene rings is 1. The van der Waals surface area contributed by atoms with Crippen LogP contribution >= 0.6 is 0 Å². The van der Waals surface area contributed by atoms with Gasteiger partial charge in [-0.15, -0.1) is 0 Å². The average Bonchev–Trinajstić information content (AvgIpc) is 2.30. The lowest BCUT2D eigenvalue weighted by atomic mass is 10.1. The minimum Gasteiger partial charge on any atom is -0.493 e. The fraction of sp³-hybridized carbons (Fsp3) is 0.455. The van der Waals surface area contributed by atoms with Gasteiger partial charge in [-0.05, 0) is 24.7 Å². The van der Waals surface area contributed by atoms with E-state index in [1.54, 1.807) is 21.3 Å². The highest BCUT2D eigenvalue weighted by Gasteiger charge is 2.11. The quantitative estimate of drug-likeness (QED) is 0.761. The number of hydrogen-bond acceptors (Lipinski definition) is 4. The second-order valence-corrected chi connectivity index (χ2v) is 3.14. The van der Waals surface area contributed by atoms with Gasteiger partial charge in [-0.1, -0.05) is 6.07 Å². The molecule has 84 valence electrons. The lowest BCUT2D eigenvalue weighted by Crippen LogP contribution is -2.19. The van der Waals surface area contributed by atoms with Crippen molar-refractivity contribution in [1.82, 2.24) is 5.32 Å². The third kappa shape index (κ3) is 2.61. The lowest BCUT2D eigenvalue weighted by molar-refractivity contribution is 0.250. The van der Waals surface area contributed by atoms with Gasteiger partial charge in [-0.25, -0.2) is 0 Å². The van der Waals surface area contributed by atoms with Crippen molar-refractivity contribution in [2.45, 2.75) is 6.04 Å². The first-order chi connectivity index (χ1) is 7.26. The summed E-state index contributed by atoms with van der Waals surface area (Å²) >= 11 is 0. The highest BCUT2D eigenvalue weighted by Crippen LogP contribution is 2.29. The maximum absolute atomic E-state index is 9.13. The van der Waals surface area contributed by atoms with Gasteiger partial charge in [0.05, 0.1) is 26.9 Å². The van der Waals surface area contributed by atoms with Crippen LogP contribution in [0.25, 0.3) is 0 Å². The van der Waals surface area contributed by atoms with Gasteiger partial charge >= 0.3 is 0 Å². The van der Waals surface area contributed by atoms with E-state index >= 15 is 0 Å². The van der Waals surface area contributed by atoms with E-state index in [4.69, 9.17) is 14.6 Å². The molecule has 0 radical (unpaired) electrons. The molecule has 1 aromatic carbocycles. The SMILES string of the molecule is CN[C@@H](CO)c1ccc(OC)c(OC)c1. The van der Waals surface area contributed by atoms with Gasteiger partial charge in [0.25, 0.3) is 0 Å². The molecule has 2 N–H and O–H groups in total. The van der Waals surface area contributed by atoms with Crippen LogP contribution in [-0.2, 0) is 0 Å². The van der Waals surface area contributed by atoms with Crippen molar-refractivity contribution in [2.24, 2.45) is 0 Å². The van der Waals surface area contributed by atoms with Crippen LogP contribution in [0.15, 0.2) is 18.2 Å². The highest BCUT2D eigenvalue weighted by atomic mass is 16.5. The Labute approximate surface area is 89.8 Å². The van der Waals surface area contributed by atoms with Gasteiger partial charge < -0.3 is 19.9 Å². The number of ether oxygens (including phenoxy) is 2. The molecular weight excluding hydrogens is 194 g/mol. The average molecular weight is 211 g/mol. The van der Waals surface area contributed by atoms with E-state index in [0.717, 1.165) is 5.56 Å². The Morgan fingerprint density at radius 1 is 1.27 bits per heavy atom. The standard InChI is InChI=1S/C11H17NO3/c1-12-9(7-13)8-4-5-10(14-2)11(6-8)15-3/h4-6,9,12-13H,7H2,1-3H3/t9-/m0/s1. The molecule has 4 heteroatoms. The summed E-state index contributed by atoms with van der Waals surface area (Å²) in [5.41, 5.74) is 0.970. The fourth-order valence-electron chi connectivity index (χ4n) is 1.43. The first-order valence-electron chi connectivity index (χ1n) is 4.76. The number of nitrogens with one attached hydrogen (secondary N) is 1. The zero-order chi connectivity index (χ0) is 11.3. The van der Waals surface area contributed by atoms with Gasteiger partial charge in [0.2, 0.25) is 0 Å². The normalized spacial score (nSPS) is 12.3. The van der Waals surface area contributed by atoms with Gasteiger partial charge in [0.1, 0.15) is 0 Å². The zero-order valence-electron chi connectivity index (χ0n) is 9.28. The highest BCUT2D eigenvalue weighted by molar-refractivity contribution is 5.43. The number of aliphatic hydroxyl groups is 1. The van der Waals surface area contributed by atoms with E-state index in [-0.39, 0.29) is 12.6 Å². The smallest absolute Gasteiger partial charge is 0.161 e. The molecule has 0 saturated carbocycles. The molecule has 0 amide bonds. The number of hydrogen-bond donors (Lipinski definition) is 2. The molecule has 1 atom stereocenters. The third-order valence-electron chi connectivity index (χ3n) is 2.34. The minimum atomic E-state index is -0.0789. The second kappa shape index (κ2) is 5.58. The van der Waals surface area contributed by atoms with E-state index in [2.05, 4.69) is 5.32 Å². The summed E-state index contributed by atoms with van der Waals surface area (Å²) < 4.78 is 10.3. The lowest BCUT2D eigenvalue weighted by Gasteiger charge is -2.15. The van der Waals surface area contributed by atoms with Gasteiger partial charge in [0.15, 0.2) is 11.5 Å². The summed E-state index contributed by atoms with van der Waals surface area (Å²) in [6.45, 7) is 0.0476. The largest absolute Gasteiger partial charge is 0.493 e. The van der Waals surface area contributed by atoms with Crippen LogP contribution in [0.3, 0.4) is 0 Å². The molecule has 0 fully saturated rings. The third-order valence-corrected chi connectivity index (χ3v) is 2.34. The van der Waals surface area contributed by atoms with Crippen LogP contribution in [0.4, 0.5) is 0 Å². The Morgan fingerprint density at radius 3 is 2.40 bits per heavy atom. The molecule has 15 heavy (non-hydrogen) atoms. The predicted octanol–water partition coefficient (Wildman–Crippen LogP) is 0.957. The van der Waals surface area contributed by atoms with Crippen molar-refractivity contribution in [3.8, 4) is 11.5 Å². The minimum absolute atomic E-state index is 0.0476. The van der Waals surface area contributed by atoms with E-state index in [1.807, 2.05) is 18.2 Å². The van der Waals surface area contributed by atoms with Crippen LogP contribution in [0, 0.1) is 0 Å². The van der Waals surface area contributed by atoms with Crippen LogP contribution in [0.2, 0.25) is 0 Å². The molecule has 1 rings (SSSR count). The van der Waals surface area contributed by atoms with E-state index < -0.39 is 0 Å². The maximum Gasteiger partial charge on any atom is 0.161 e. The van der Waals surface area contributed by atoms with Gasteiger partial charge in [-0.3, -0.25) is 0 Å². The van der Waals surface area contributed by atoms with Crippen molar-refractivity contribution in [3.05, 3.63) is 23.8 Å². The number of likely N-dealkylation sites (N-methyl/N-ethyl adjacent to an activating group) is 1. The Morgan fingerprint density at radius 2 is 1.93 bits per heavy atom. The first kappa shape index (κ1) is 11.8. The predicted molar refractivity (Wildman–Crippen MR) is 58.4 cm³/mol. The van der Waals surface area contributed by atoms with E-state index in [0.29, 0.717) is 11.5 Å². The molecule has 4 nitrogen and oxygen atoms in total. The molecule has 0 saturated heterocycles. The Bertz CT molecular complexity index is 311.